The molecule has 1 amide bonds. The minimum Gasteiger partial charge on any atom is -0.488 e. The zero-order chi connectivity index (χ0) is 20.7. The monoisotopic (exact) mass is 408 g/mol. The van der Waals surface area contributed by atoms with E-state index < -0.39 is 11.5 Å². The van der Waals surface area contributed by atoms with Crippen LogP contribution in [-0.2, 0) is 0 Å². The van der Waals surface area contributed by atoms with Crippen LogP contribution < -0.4 is 26.3 Å². The summed E-state index contributed by atoms with van der Waals surface area (Å²) in [6.07, 6.45) is 2.66. The first-order valence-electron chi connectivity index (χ1n) is 8.06. The van der Waals surface area contributed by atoms with Crippen LogP contribution >= 0.6 is 11.3 Å². The Kier molecular flexibility index (Phi) is 7.23. The molecule has 2 rings (SSSR count). The number of aliphatic hydroxyl groups excluding tert-OH is 1. The van der Waals surface area contributed by atoms with Crippen molar-refractivity contribution in [2.75, 3.05) is 29.7 Å². The molecule has 0 spiro atoms. The van der Waals surface area contributed by atoms with Crippen molar-refractivity contribution >= 4 is 39.4 Å². The van der Waals surface area contributed by atoms with Crippen LogP contribution in [0.4, 0.5) is 16.0 Å². The molecule has 0 saturated heterocycles. The Morgan fingerprint density at radius 3 is 2.71 bits per heavy atom. The van der Waals surface area contributed by atoms with Gasteiger partial charge in [0.05, 0.1) is 19.4 Å². The van der Waals surface area contributed by atoms with Gasteiger partial charge in [0.15, 0.2) is 5.76 Å². The maximum atomic E-state index is 12.4. The van der Waals surface area contributed by atoms with Gasteiger partial charge in [0.1, 0.15) is 0 Å². The predicted molar refractivity (Wildman–Crippen MR) is 106 cm³/mol. The maximum Gasteiger partial charge on any atom is 0.381 e. The van der Waals surface area contributed by atoms with Gasteiger partial charge in [0.2, 0.25) is 16.0 Å². The van der Waals surface area contributed by atoms with Crippen molar-refractivity contribution in [1.82, 2.24) is 10.2 Å². The third kappa shape index (κ3) is 5.37. The van der Waals surface area contributed by atoms with E-state index in [0.717, 1.165) is 17.6 Å². The molecule has 11 nitrogen and oxygen atoms in total. The van der Waals surface area contributed by atoms with E-state index >= 15 is 0 Å². The lowest BCUT2D eigenvalue weighted by Gasteiger charge is -2.15. The Balaban J connectivity index is 2.20. The van der Waals surface area contributed by atoms with Gasteiger partial charge in [-0.05, 0) is 19.9 Å². The van der Waals surface area contributed by atoms with Gasteiger partial charge in [-0.3, -0.25) is 10.1 Å². The van der Waals surface area contributed by atoms with Gasteiger partial charge in [-0.15, -0.1) is 10.2 Å². The highest BCUT2D eigenvalue weighted by atomic mass is 32.1. The van der Waals surface area contributed by atoms with Crippen LogP contribution in [-0.4, -0.2) is 47.2 Å². The second-order valence-corrected chi connectivity index (χ2v) is 6.56. The van der Waals surface area contributed by atoms with Gasteiger partial charge in [-0.25, -0.2) is 4.79 Å². The molecular weight excluding hydrogens is 388 g/mol. The minimum atomic E-state index is -0.838. The summed E-state index contributed by atoms with van der Waals surface area (Å²) in [5.74, 6) is -1.07. The number of nitrogens with zero attached hydrogens (tertiary/aromatic N) is 2. The summed E-state index contributed by atoms with van der Waals surface area (Å²) in [6.45, 7) is 3.26. The summed E-state index contributed by atoms with van der Waals surface area (Å²) < 4.78 is 10.0. The Labute approximate surface area is 164 Å². The van der Waals surface area contributed by atoms with E-state index in [-0.39, 0.29) is 35.0 Å². The summed E-state index contributed by atoms with van der Waals surface area (Å²) >= 11 is 1.07. The molecule has 12 heteroatoms. The Hall–Kier alpha value is -3.25. The van der Waals surface area contributed by atoms with Crippen molar-refractivity contribution in [1.29, 1.82) is 5.41 Å². The summed E-state index contributed by atoms with van der Waals surface area (Å²) in [7, 11) is 1.30. The fraction of sp³-hybridized carbons (Fsp3) is 0.312. The molecule has 2 aromatic heterocycles. The molecule has 0 aromatic carbocycles. The second-order valence-electron chi connectivity index (χ2n) is 5.58. The largest absolute Gasteiger partial charge is 0.488 e. The quantitative estimate of drug-likeness (QED) is 0.387. The third-order valence-electron chi connectivity index (χ3n) is 3.29. The van der Waals surface area contributed by atoms with Gasteiger partial charge in [0, 0.05) is 24.0 Å². The Bertz CT molecular complexity index is 938. The van der Waals surface area contributed by atoms with E-state index in [2.05, 4.69) is 26.1 Å². The number of carbonyl (C=O) groups is 1. The smallest absolute Gasteiger partial charge is 0.381 e. The van der Waals surface area contributed by atoms with Gasteiger partial charge in [-0.2, -0.15) is 0 Å². The normalized spacial score (nSPS) is 12.2. The Morgan fingerprint density at radius 2 is 2.11 bits per heavy atom. The van der Waals surface area contributed by atoms with E-state index in [4.69, 9.17) is 14.6 Å². The van der Waals surface area contributed by atoms with Crippen LogP contribution in [0.15, 0.2) is 27.1 Å². The lowest BCUT2D eigenvalue weighted by molar-refractivity contribution is 0.0991. The first-order chi connectivity index (χ1) is 13.4. The van der Waals surface area contributed by atoms with Gasteiger partial charge in [-0.1, -0.05) is 11.3 Å². The first kappa shape index (κ1) is 21.1. The number of amides is 1. The van der Waals surface area contributed by atoms with E-state index in [0.29, 0.717) is 10.8 Å². The van der Waals surface area contributed by atoms with E-state index in [1.54, 1.807) is 13.8 Å². The van der Waals surface area contributed by atoms with Crippen LogP contribution in [0.1, 0.15) is 24.4 Å². The SMILES string of the molecule is COc1c(N[C@@H](C)CO)cc(C(=O)Nc2nnc(N/C(C)=C\C=N)s2)oc1=O. The lowest BCUT2D eigenvalue weighted by atomic mass is 10.2. The van der Waals surface area contributed by atoms with Crippen molar-refractivity contribution in [3.8, 4) is 5.75 Å². The highest BCUT2D eigenvalue weighted by Crippen LogP contribution is 2.24. The van der Waals surface area contributed by atoms with Crippen LogP contribution in [0.2, 0.25) is 0 Å². The fourth-order valence-corrected chi connectivity index (χ4v) is 2.73. The number of anilines is 3. The molecule has 150 valence electrons. The number of methoxy groups -OCH3 is 1. The number of carbonyl (C=O) groups excluding carboxylic acids is 1. The van der Waals surface area contributed by atoms with Crippen LogP contribution in [0.3, 0.4) is 0 Å². The second kappa shape index (κ2) is 9.62. The van der Waals surface area contributed by atoms with Crippen molar-refractivity contribution < 1.29 is 19.1 Å². The number of hydrogen-bond acceptors (Lipinski definition) is 11. The van der Waals surface area contributed by atoms with Crippen molar-refractivity contribution in [2.24, 2.45) is 0 Å². The summed E-state index contributed by atoms with van der Waals surface area (Å²) in [6, 6.07) is 0.930. The summed E-state index contributed by atoms with van der Waals surface area (Å²) in [5, 5.41) is 32.8. The highest BCUT2D eigenvalue weighted by Gasteiger charge is 2.19. The lowest BCUT2D eigenvalue weighted by Crippen LogP contribution is -2.23. The molecule has 0 aliphatic rings. The van der Waals surface area contributed by atoms with Crippen LogP contribution in [0.25, 0.3) is 0 Å². The number of aromatic nitrogens is 2. The van der Waals surface area contributed by atoms with Crippen molar-refractivity contribution in [2.45, 2.75) is 19.9 Å². The molecule has 0 aliphatic carbocycles. The zero-order valence-corrected chi connectivity index (χ0v) is 16.2. The zero-order valence-electron chi connectivity index (χ0n) is 15.4. The molecule has 0 fully saturated rings. The van der Waals surface area contributed by atoms with E-state index in [1.807, 2.05) is 0 Å². The number of nitrogens with one attached hydrogen (secondary N) is 4. The molecule has 5 N–H and O–H groups in total. The van der Waals surface area contributed by atoms with Gasteiger partial charge >= 0.3 is 5.63 Å². The van der Waals surface area contributed by atoms with Crippen molar-refractivity contribution in [3.05, 3.63) is 34.0 Å². The molecule has 0 aliphatic heterocycles. The molecule has 0 radical (unpaired) electrons. The molecular formula is C16H20N6O5S. The van der Waals surface area contributed by atoms with Crippen molar-refractivity contribution in [3.63, 3.8) is 0 Å². The number of rotatable bonds is 9. The molecule has 2 heterocycles. The van der Waals surface area contributed by atoms with E-state index in [1.165, 1.54) is 19.3 Å². The number of allylic oxidation sites excluding steroid dienone is 2. The standard InChI is InChI=1S/C16H20N6O5S/c1-8(4-5-17)19-15-21-22-16(28-15)20-13(24)11-6-10(18-9(2)7-23)12(26-3)14(25)27-11/h4-6,9,17-18,23H,7H2,1-3H3,(H,19,21)(H,20,22,24)/b8-4-,17-5?/t9-/m0/s1. The maximum absolute atomic E-state index is 12.4. The van der Waals surface area contributed by atoms with Crippen LogP contribution in [0, 0.1) is 5.41 Å². The van der Waals surface area contributed by atoms with Gasteiger partial charge in [0.25, 0.3) is 5.91 Å². The molecule has 0 bridgehead atoms. The molecule has 28 heavy (non-hydrogen) atoms. The predicted octanol–water partition coefficient (Wildman–Crippen LogP) is 1.51. The molecule has 1 atom stereocenters. The number of ether oxygens (including phenoxy) is 1. The number of aliphatic hydroxyl groups is 1. The average Bonchev–Trinajstić information content (AvgIpc) is 3.08. The molecule has 0 saturated carbocycles. The topological polar surface area (TPSA) is 162 Å². The Morgan fingerprint density at radius 1 is 1.43 bits per heavy atom. The number of hydrogen-bond donors (Lipinski definition) is 5. The first-order valence-corrected chi connectivity index (χ1v) is 8.88. The minimum absolute atomic E-state index is 0.104. The van der Waals surface area contributed by atoms with Gasteiger partial charge < -0.3 is 30.3 Å². The third-order valence-corrected chi connectivity index (χ3v) is 4.05. The fourth-order valence-electron chi connectivity index (χ4n) is 2.02. The molecule has 2 aromatic rings. The average molecular weight is 408 g/mol. The van der Waals surface area contributed by atoms with E-state index in [9.17, 15) is 14.7 Å². The highest BCUT2D eigenvalue weighted by molar-refractivity contribution is 7.19. The van der Waals surface area contributed by atoms with Crippen LogP contribution in [0.5, 0.6) is 5.75 Å². The summed E-state index contributed by atoms with van der Waals surface area (Å²) in [5.41, 5.74) is 0.0613. The summed E-state index contributed by atoms with van der Waals surface area (Å²) in [4.78, 5) is 24.5. The molecule has 0 unspecified atom stereocenters.